The van der Waals surface area contributed by atoms with Gasteiger partial charge in [0.25, 0.3) is 23.6 Å². The first kappa shape index (κ1) is 54.5. The van der Waals surface area contributed by atoms with E-state index < -0.39 is 54.7 Å². The van der Waals surface area contributed by atoms with Gasteiger partial charge in [-0.2, -0.15) is 4.58 Å². The number of hydrogen-bond acceptors (Lipinski definition) is 13. The zero-order valence-corrected chi connectivity index (χ0v) is 43.7. The van der Waals surface area contributed by atoms with Crippen molar-refractivity contribution in [3.63, 3.8) is 0 Å². The largest absolute Gasteiger partial charge is 1.00 e. The molecule has 4 heterocycles. The SMILES string of the molecule is CC1(C)C(=C/C=C/C2=[N+](CCCCCC(=O)NCCN3C(=O)C=CC3=O)c3ccc(S(=O)(=O)[O-])cc3C2(C)C)N(CCCCCC(=O)NCCN2C(=O)C=CC2=O)c2ccc(S(=O)(=O)[O-])cc21.[K+]. The van der Waals surface area contributed by atoms with Crippen LogP contribution in [0.1, 0.15) is 90.2 Å². The minimum atomic E-state index is -4.76. The van der Waals surface area contributed by atoms with Gasteiger partial charge in [0.1, 0.15) is 26.8 Å². The molecule has 2 aromatic carbocycles. The van der Waals surface area contributed by atoms with E-state index >= 15 is 0 Å². The van der Waals surface area contributed by atoms with Crippen molar-refractivity contribution >= 4 is 72.8 Å². The second-order valence-electron chi connectivity index (χ2n) is 17.8. The van der Waals surface area contributed by atoms with Crippen LogP contribution < -0.4 is 66.9 Å². The van der Waals surface area contributed by atoms with Gasteiger partial charge < -0.3 is 24.6 Å². The fourth-order valence-corrected chi connectivity index (χ4v) is 9.88. The maximum Gasteiger partial charge on any atom is 1.00 e. The number of hydrogen-bond donors (Lipinski definition) is 2. The Morgan fingerprint density at radius 3 is 1.63 bits per heavy atom. The first-order valence-electron chi connectivity index (χ1n) is 22.1. The van der Waals surface area contributed by atoms with E-state index in [2.05, 4.69) is 20.1 Å². The molecular weight excluding hydrogens is 944 g/mol. The third-order valence-electron chi connectivity index (χ3n) is 12.5. The molecular formula is C47H55KN6O12S2. The van der Waals surface area contributed by atoms with Crippen LogP contribution in [0, 0.1) is 0 Å². The normalized spacial score (nSPS) is 17.8. The fraction of sp³-hybridized carbons (Fsp3) is 0.426. The predicted octanol–water partition coefficient (Wildman–Crippen LogP) is 0.316. The Balaban J connectivity index is 0.00000864. The van der Waals surface area contributed by atoms with Crippen molar-refractivity contribution in [2.75, 3.05) is 44.2 Å². The quantitative estimate of drug-likeness (QED) is 0.0531. The van der Waals surface area contributed by atoms with E-state index in [9.17, 15) is 54.7 Å². The molecule has 0 aromatic heterocycles. The molecule has 6 rings (SSSR count). The van der Waals surface area contributed by atoms with Crippen LogP contribution in [-0.4, -0.2) is 121 Å². The van der Waals surface area contributed by atoms with Gasteiger partial charge in [-0.3, -0.25) is 38.6 Å². The van der Waals surface area contributed by atoms with E-state index in [4.69, 9.17) is 0 Å². The molecule has 21 heteroatoms. The molecule has 18 nitrogen and oxygen atoms in total. The van der Waals surface area contributed by atoms with Crippen molar-refractivity contribution in [2.24, 2.45) is 0 Å². The number of nitrogens with one attached hydrogen (secondary N) is 2. The Bertz CT molecular complexity index is 2720. The monoisotopic (exact) mass is 998 g/mol. The Morgan fingerprint density at radius 1 is 0.632 bits per heavy atom. The average molecular weight is 999 g/mol. The van der Waals surface area contributed by atoms with Crippen LogP contribution in [0.4, 0.5) is 11.4 Å². The number of unbranched alkanes of at least 4 members (excludes halogenated alkanes) is 4. The second kappa shape index (κ2) is 22.5. The molecule has 4 aliphatic heterocycles. The summed E-state index contributed by atoms with van der Waals surface area (Å²) in [5.74, 6) is -2.10. The Labute approximate surface area is 439 Å². The standard InChI is InChI=1S/C47H56N6O12S2.K/c1-46(2)34-30-32(66(60,61)62)16-18-36(34)50(26-9-5-7-14-40(54)48-24-28-52-42(56)20-21-43(52)57)38(46)12-11-13-39-47(3,4)35-31-33(67(63,64)65)17-19-37(35)51(39)27-10-6-8-15-41(55)49-25-29-53-44(58)22-23-45(53)59;/h11-13,16-23,30-31H,5-10,14-15,24-29H2,1-4H3,(H3-,48,49,54,55,60,61,62,63,64,65);/q;+1/p-1. The maximum absolute atomic E-state index is 12.5. The number of rotatable bonds is 22. The molecule has 0 fully saturated rings. The molecule has 2 aromatic rings. The maximum atomic E-state index is 12.5. The number of carbonyl (C=O) groups excluding carboxylic acids is 6. The molecule has 6 amide bonds. The van der Waals surface area contributed by atoms with Crippen molar-refractivity contribution in [3.05, 3.63) is 95.8 Å². The summed E-state index contributed by atoms with van der Waals surface area (Å²) >= 11 is 0. The summed E-state index contributed by atoms with van der Waals surface area (Å²) in [6.45, 7) is 9.15. The van der Waals surface area contributed by atoms with Crippen LogP contribution in [0.25, 0.3) is 0 Å². The van der Waals surface area contributed by atoms with E-state index in [1.54, 1.807) is 12.1 Å². The molecule has 0 unspecified atom stereocenters. The third-order valence-corrected chi connectivity index (χ3v) is 14.2. The molecule has 0 aliphatic carbocycles. The van der Waals surface area contributed by atoms with E-state index in [0.29, 0.717) is 62.7 Å². The number of amides is 6. The zero-order chi connectivity index (χ0) is 48.9. The van der Waals surface area contributed by atoms with Gasteiger partial charge in [-0.05, 0) is 81.5 Å². The van der Waals surface area contributed by atoms with Crippen LogP contribution in [0.5, 0.6) is 0 Å². The van der Waals surface area contributed by atoms with Gasteiger partial charge in [-0.1, -0.05) is 26.3 Å². The van der Waals surface area contributed by atoms with Crippen LogP contribution in [0.15, 0.2) is 94.4 Å². The molecule has 0 radical (unpaired) electrons. The summed E-state index contributed by atoms with van der Waals surface area (Å²) in [7, 11) is -9.52. The van der Waals surface area contributed by atoms with Crippen molar-refractivity contribution in [1.29, 1.82) is 0 Å². The number of benzene rings is 2. The van der Waals surface area contributed by atoms with Crippen molar-refractivity contribution in [1.82, 2.24) is 20.4 Å². The Hall–Kier alpha value is -4.45. The van der Waals surface area contributed by atoms with Gasteiger partial charge >= 0.3 is 51.4 Å². The van der Waals surface area contributed by atoms with Crippen LogP contribution >= 0.6 is 0 Å². The van der Waals surface area contributed by atoms with Crippen LogP contribution in [0.2, 0.25) is 0 Å². The minimum absolute atomic E-state index is 0. The topological polar surface area (TPSA) is 254 Å². The number of fused-ring (bicyclic) bond motifs is 2. The minimum Gasteiger partial charge on any atom is -0.744 e. The van der Waals surface area contributed by atoms with Crippen molar-refractivity contribution in [2.45, 2.75) is 99.7 Å². The van der Waals surface area contributed by atoms with E-state index in [-0.39, 0.29) is 112 Å². The van der Waals surface area contributed by atoms with E-state index in [0.717, 1.165) is 32.6 Å². The van der Waals surface area contributed by atoms with Crippen LogP contribution in [0.3, 0.4) is 0 Å². The number of allylic oxidation sites excluding steroid dienone is 4. The van der Waals surface area contributed by atoms with Crippen molar-refractivity contribution in [3.8, 4) is 0 Å². The third kappa shape index (κ3) is 12.7. The van der Waals surface area contributed by atoms with Gasteiger partial charge in [-0.15, -0.1) is 0 Å². The van der Waals surface area contributed by atoms with Crippen LogP contribution in [-0.2, 0) is 59.8 Å². The predicted molar refractivity (Wildman–Crippen MR) is 244 cm³/mol. The van der Waals surface area contributed by atoms with Gasteiger partial charge in [0.05, 0.1) is 15.2 Å². The summed E-state index contributed by atoms with van der Waals surface area (Å²) in [6, 6.07) is 8.66. The number of carbonyl (C=O) groups is 6. The summed E-state index contributed by atoms with van der Waals surface area (Å²) in [6.07, 6.45) is 14.7. The zero-order valence-electron chi connectivity index (χ0n) is 38.9. The number of anilines is 1. The second-order valence-corrected chi connectivity index (χ2v) is 20.5. The van der Waals surface area contributed by atoms with Gasteiger partial charge in [-0.25, -0.2) is 16.8 Å². The van der Waals surface area contributed by atoms with Crippen molar-refractivity contribution < 1.29 is 111 Å². The molecule has 358 valence electrons. The molecule has 0 saturated carbocycles. The summed E-state index contributed by atoms with van der Waals surface area (Å²) in [4.78, 5) is 75.7. The average Bonchev–Trinajstić information content (AvgIpc) is 3.89. The molecule has 68 heavy (non-hydrogen) atoms. The molecule has 0 bridgehead atoms. The summed E-state index contributed by atoms with van der Waals surface area (Å²) in [5.41, 5.74) is 2.83. The summed E-state index contributed by atoms with van der Waals surface area (Å²) < 4.78 is 74.8. The number of imide groups is 2. The van der Waals surface area contributed by atoms with Gasteiger partial charge in [0, 0.05) is 111 Å². The molecule has 4 aliphatic rings. The molecule has 0 spiro atoms. The Morgan fingerprint density at radius 2 is 1.12 bits per heavy atom. The molecule has 2 N–H and O–H groups in total. The van der Waals surface area contributed by atoms with Gasteiger partial charge in [0.15, 0.2) is 5.71 Å². The Kier molecular flexibility index (Phi) is 18.1. The molecule has 0 saturated heterocycles. The van der Waals surface area contributed by atoms with E-state index in [1.165, 1.54) is 48.6 Å². The molecule has 0 atom stereocenters. The fourth-order valence-electron chi connectivity index (χ4n) is 8.89. The van der Waals surface area contributed by atoms with Gasteiger partial charge in [0.2, 0.25) is 17.5 Å². The smallest absolute Gasteiger partial charge is 0.744 e. The number of nitrogens with zero attached hydrogens (tertiary/aromatic N) is 4. The first-order valence-corrected chi connectivity index (χ1v) is 25.0. The van der Waals surface area contributed by atoms with E-state index in [1.807, 2.05) is 45.9 Å². The summed E-state index contributed by atoms with van der Waals surface area (Å²) in [5, 5.41) is 5.49. The first-order chi connectivity index (χ1) is 31.5.